The molecule has 0 atom stereocenters. The van der Waals surface area contributed by atoms with Crippen molar-refractivity contribution in [2.45, 2.75) is 19.9 Å². The van der Waals surface area contributed by atoms with E-state index in [1.807, 2.05) is 30.9 Å². The Labute approximate surface area is 153 Å². The molecule has 0 fully saturated rings. The van der Waals surface area contributed by atoms with Crippen LogP contribution in [0.5, 0.6) is 0 Å². The number of aromatic amines is 1. The number of H-pyrrole nitrogens is 1. The molecular weight excluding hydrogens is 356 g/mol. The molecule has 0 aromatic carbocycles. The van der Waals surface area contributed by atoms with E-state index in [1.54, 1.807) is 17.5 Å². The molecule has 2 N–H and O–H groups in total. The Kier molecular flexibility index (Phi) is 4.19. The lowest BCUT2D eigenvalue weighted by molar-refractivity contribution is 0.713. The highest BCUT2D eigenvalue weighted by molar-refractivity contribution is 7.16. The third-order valence-corrected chi connectivity index (χ3v) is 5.49. The molecule has 8 heteroatoms. The maximum Gasteiger partial charge on any atom is 0.184 e. The minimum Gasteiger partial charge on any atom is -0.356 e. The molecule has 4 aromatic heterocycles. The molecule has 0 aliphatic carbocycles. The second kappa shape index (κ2) is 6.50. The van der Waals surface area contributed by atoms with Crippen LogP contribution in [-0.2, 0) is 20.0 Å². The van der Waals surface area contributed by atoms with Gasteiger partial charge in [0.25, 0.3) is 0 Å². The molecule has 0 spiro atoms. The molecular formula is C17H17ClN6S. The van der Waals surface area contributed by atoms with Crippen molar-refractivity contribution in [3.8, 4) is 0 Å². The first-order valence-corrected chi connectivity index (χ1v) is 9.09. The quantitative estimate of drug-likeness (QED) is 0.557. The van der Waals surface area contributed by atoms with E-state index in [4.69, 9.17) is 11.6 Å². The molecule has 4 aromatic rings. The predicted octanol–water partition coefficient (Wildman–Crippen LogP) is 3.92. The number of fused-ring (bicyclic) bond motifs is 1. The third-order valence-electron chi connectivity index (χ3n) is 4.06. The van der Waals surface area contributed by atoms with E-state index < -0.39 is 0 Å². The number of hydrogen-bond acceptors (Lipinski definition) is 5. The summed E-state index contributed by atoms with van der Waals surface area (Å²) in [5.74, 6) is 0. The normalized spacial score (nSPS) is 11.3. The Morgan fingerprint density at radius 1 is 1.40 bits per heavy atom. The van der Waals surface area contributed by atoms with Crippen LogP contribution in [0, 0.1) is 6.92 Å². The summed E-state index contributed by atoms with van der Waals surface area (Å²) in [5.41, 5.74) is 4.17. The van der Waals surface area contributed by atoms with Gasteiger partial charge in [0.1, 0.15) is 10.8 Å². The monoisotopic (exact) mass is 372 g/mol. The van der Waals surface area contributed by atoms with Crippen LogP contribution < -0.4 is 5.32 Å². The van der Waals surface area contributed by atoms with E-state index in [0.717, 1.165) is 38.9 Å². The van der Waals surface area contributed by atoms with Crippen LogP contribution in [0.25, 0.3) is 11.0 Å². The number of pyridine rings is 1. The lowest BCUT2D eigenvalue weighted by Crippen LogP contribution is -2.04. The summed E-state index contributed by atoms with van der Waals surface area (Å²) in [7, 11) is 1.94. The number of nitrogens with zero attached hydrogens (tertiary/aromatic N) is 4. The summed E-state index contributed by atoms with van der Waals surface area (Å²) < 4.78 is 1.87. The lowest BCUT2D eigenvalue weighted by atomic mass is 10.1. The number of aromatic nitrogens is 5. The van der Waals surface area contributed by atoms with Gasteiger partial charge in [-0.2, -0.15) is 5.10 Å². The maximum absolute atomic E-state index is 6.35. The third kappa shape index (κ3) is 3.25. The zero-order valence-corrected chi connectivity index (χ0v) is 15.4. The average Bonchev–Trinajstić information content (AvgIpc) is 3.25. The number of hydrogen-bond donors (Lipinski definition) is 2. The van der Waals surface area contributed by atoms with Crippen LogP contribution in [0.2, 0.25) is 5.15 Å². The average molecular weight is 373 g/mol. The summed E-state index contributed by atoms with van der Waals surface area (Å²) in [4.78, 5) is 13.0. The fraction of sp³-hybridized carbons (Fsp3) is 0.235. The van der Waals surface area contributed by atoms with Gasteiger partial charge in [-0.05, 0) is 30.7 Å². The van der Waals surface area contributed by atoms with Crippen LogP contribution in [0.1, 0.15) is 21.8 Å². The molecule has 0 saturated heterocycles. The highest BCUT2D eigenvalue weighted by Crippen LogP contribution is 2.31. The molecule has 0 bridgehead atoms. The van der Waals surface area contributed by atoms with E-state index in [1.165, 1.54) is 5.56 Å². The van der Waals surface area contributed by atoms with Gasteiger partial charge < -0.3 is 10.3 Å². The standard InChI is InChI=1S/C17H17ClN6S/c1-10-6-12(24(2)23-10)9-21-17-22-15(18)14(25-17)7-11-8-20-16-13(11)4-3-5-19-16/h3-6,8H,7,9H2,1-2H3,(H,19,20)(H,21,22). The topological polar surface area (TPSA) is 71.4 Å². The highest BCUT2D eigenvalue weighted by Gasteiger charge is 2.13. The van der Waals surface area contributed by atoms with Crippen LogP contribution >= 0.6 is 22.9 Å². The summed E-state index contributed by atoms with van der Waals surface area (Å²) in [6.45, 7) is 2.65. The van der Waals surface area contributed by atoms with Gasteiger partial charge in [0.2, 0.25) is 0 Å². The molecule has 0 aliphatic heterocycles. The molecule has 6 nitrogen and oxygen atoms in total. The van der Waals surface area contributed by atoms with E-state index in [9.17, 15) is 0 Å². The first-order chi connectivity index (χ1) is 12.1. The van der Waals surface area contributed by atoms with Gasteiger partial charge in [0, 0.05) is 31.2 Å². The molecule has 0 amide bonds. The van der Waals surface area contributed by atoms with Gasteiger partial charge in [-0.3, -0.25) is 4.68 Å². The van der Waals surface area contributed by atoms with Crippen LogP contribution in [-0.4, -0.2) is 24.7 Å². The van der Waals surface area contributed by atoms with E-state index >= 15 is 0 Å². The number of anilines is 1. The smallest absolute Gasteiger partial charge is 0.184 e. The van der Waals surface area contributed by atoms with Gasteiger partial charge in [0.15, 0.2) is 5.13 Å². The minimum atomic E-state index is 0.548. The van der Waals surface area contributed by atoms with Crippen LogP contribution in [0.15, 0.2) is 30.6 Å². The largest absolute Gasteiger partial charge is 0.356 e. The van der Waals surface area contributed by atoms with Crippen LogP contribution in [0.3, 0.4) is 0 Å². The predicted molar refractivity (Wildman–Crippen MR) is 101 cm³/mol. The Morgan fingerprint density at radius 2 is 2.28 bits per heavy atom. The zero-order chi connectivity index (χ0) is 17.4. The summed E-state index contributed by atoms with van der Waals surface area (Å²) in [5, 5.41) is 10.2. The second-order valence-electron chi connectivity index (χ2n) is 5.88. The van der Waals surface area contributed by atoms with Crippen molar-refractivity contribution >= 4 is 39.1 Å². The first-order valence-electron chi connectivity index (χ1n) is 7.89. The number of thiazole rings is 1. The minimum absolute atomic E-state index is 0.548. The fourth-order valence-corrected chi connectivity index (χ4v) is 4.03. The van der Waals surface area contributed by atoms with Crippen LogP contribution in [0.4, 0.5) is 5.13 Å². The van der Waals surface area contributed by atoms with E-state index in [-0.39, 0.29) is 0 Å². The molecule has 0 radical (unpaired) electrons. The number of halogens is 1. The van der Waals surface area contributed by atoms with E-state index in [2.05, 4.69) is 37.5 Å². The molecule has 4 heterocycles. The molecule has 128 valence electrons. The first kappa shape index (κ1) is 16.1. The Hall–Kier alpha value is -2.38. The highest BCUT2D eigenvalue weighted by atomic mass is 35.5. The summed E-state index contributed by atoms with van der Waals surface area (Å²) in [6, 6.07) is 6.06. The summed E-state index contributed by atoms with van der Waals surface area (Å²) >= 11 is 7.93. The lowest BCUT2D eigenvalue weighted by Gasteiger charge is -2.02. The van der Waals surface area contributed by atoms with Crippen molar-refractivity contribution in [2.75, 3.05) is 5.32 Å². The van der Waals surface area contributed by atoms with Crippen molar-refractivity contribution in [1.82, 2.24) is 24.7 Å². The molecule has 0 aliphatic rings. The Morgan fingerprint density at radius 3 is 3.08 bits per heavy atom. The van der Waals surface area contributed by atoms with Gasteiger partial charge >= 0.3 is 0 Å². The van der Waals surface area contributed by atoms with Gasteiger partial charge in [-0.15, -0.1) is 11.3 Å². The van der Waals surface area contributed by atoms with Gasteiger partial charge in [-0.1, -0.05) is 11.6 Å². The van der Waals surface area contributed by atoms with Crippen molar-refractivity contribution in [1.29, 1.82) is 0 Å². The van der Waals surface area contributed by atoms with Gasteiger partial charge in [-0.25, -0.2) is 9.97 Å². The second-order valence-corrected chi connectivity index (χ2v) is 7.32. The Balaban J connectivity index is 1.51. The maximum atomic E-state index is 6.35. The van der Waals surface area contributed by atoms with Crippen molar-refractivity contribution in [3.05, 3.63) is 57.6 Å². The summed E-state index contributed by atoms with van der Waals surface area (Å²) in [6.07, 6.45) is 4.50. The van der Waals surface area contributed by atoms with Gasteiger partial charge in [0.05, 0.1) is 22.8 Å². The number of nitrogens with one attached hydrogen (secondary N) is 2. The van der Waals surface area contributed by atoms with Crippen molar-refractivity contribution < 1.29 is 0 Å². The van der Waals surface area contributed by atoms with Crippen molar-refractivity contribution in [2.24, 2.45) is 7.05 Å². The fourth-order valence-electron chi connectivity index (χ4n) is 2.85. The number of rotatable bonds is 5. The molecule has 4 rings (SSSR count). The van der Waals surface area contributed by atoms with Crippen molar-refractivity contribution in [3.63, 3.8) is 0 Å². The molecule has 25 heavy (non-hydrogen) atoms. The molecule has 0 unspecified atom stereocenters. The zero-order valence-electron chi connectivity index (χ0n) is 13.9. The molecule has 0 saturated carbocycles. The number of aryl methyl sites for hydroxylation is 2. The van der Waals surface area contributed by atoms with E-state index in [0.29, 0.717) is 11.7 Å². The SMILES string of the molecule is Cc1cc(CNc2nc(Cl)c(Cc3c[nH]c4ncccc34)s2)n(C)n1. The Bertz CT molecular complexity index is 1030.